The summed E-state index contributed by atoms with van der Waals surface area (Å²) in [6.07, 6.45) is 0. The first kappa shape index (κ1) is 92.5. The van der Waals surface area contributed by atoms with E-state index in [9.17, 15) is 0 Å². The third-order valence-electron chi connectivity index (χ3n) is 27.7. The zero-order valence-electron chi connectivity index (χ0n) is 80.1. The summed E-state index contributed by atoms with van der Waals surface area (Å²) in [6.45, 7) is 0. The third kappa shape index (κ3) is 19.2. The van der Waals surface area contributed by atoms with E-state index in [0.717, 1.165) is 51.2 Å². The molecule has 686 valence electrons. The van der Waals surface area contributed by atoms with Gasteiger partial charge in [-0.3, -0.25) is 0 Å². The molecule has 0 saturated carbocycles. The molecule has 0 saturated heterocycles. The highest BCUT2D eigenvalue weighted by Crippen LogP contribution is 2.46. The molecule has 0 radical (unpaired) electrons. The fraction of sp³-hybridized carbons (Fsp3) is 0. The van der Waals surface area contributed by atoms with E-state index in [-0.39, 0.29) is 0 Å². The number of rotatable bonds is 26. The van der Waals surface area contributed by atoms with Crippen molar-refractivity contribution in [3.63, 3.8) is 0 Å². The quantitative estimate of drug-likeness (QED) is 0.0395. The lowest BCUT2D eigenvalue weighted by molar-refractivity contribution is 1.28. The summed E-state index contributed by atoms with van der Waals surface area (Å²) in [5, 5.41) is 16.4. The highest BCUT2D eigenvalue weighted by molar-refractivity contribution is 7.21. The molecule has 0 N–H and O–H groups in total. The van der Waals surface area contributed by atoms with E-state index >= 15 is 0 Å². The number of hydrogen-bond acceptors (Lipinski definition) is 3. The monoisotopic (exact) mass is 1890 g/mol. The summed E-state index contributed by atoms with van der Waals surface area (Å²) < 4.78 is 0. The number of benzene rings is 23. The van der Waals surface area contributed by atoms with Crippen molar-refractivity contribution in [1.29, 1.82) is 0 Å². The number of para-hydroxylation sites is 4. The van der Waals surface area contributed by atoms with Crippen molar-refractivity contribution in [3.05, 3.63) is 649 Å². The highest BCUT2D eigenvalue weighted by atomic mass is 28.3. The van der Waals surface area contributed by atoms with Gasteiger partial charge in [0.15, 0.2) is 24.2 Å². The number of hydrogen-bond donors (Lipinski definition) is 0. The minimum absolute atomic E-state index is 1.11. The van der Waals surface area contributed by atoms with Crippen LogP contribution in [-0.4, -0.2) is 24.2 Å². The lowest BCUT2D eigenvalue weighted by Gasteiger charge is -2.35. The Kier molecular flexibility index (Phi) is 28.3. The predicted molar refractivity (Wildman–Crippen MR) is 621 cm³/mol. The molecule has 0 aliphatic heterocycles. The van der Waals surface area contributed by atoms with E-state index in [1.54, 1.807) is 0 Å². The first-order valence-electron chi connectivity index (χ1n) is 49.5. The van der Waals surface area contributed by atoms with Gasteiger partial charge < -0.3 is 14.7 Å². The molecule has 23 rings (SSSR count). The molecule has 0 bridgehead atoms. The van der Waals surface area contributed by atoms with Crippen LogP contribution in [0.2, 0.25) is 0 Å². The van der Waals surface area contributed by atoms with Gasteiger partial charge in [0, 0.05) is 50.8 Å². The highest BCUT2D eigenvalue weighted by Gasteiger charge is 2.45. The maximum atomic E-state index is 2.40. The van der Waals surface area contributed by atoms with Crippen LogP contribution >= 0.6 is 0 Å². The topological polar surface area (TPSA) is 9.72 Å². The second-order valence-corrected chi connectivity index (χ2v) is 47.4. The van der Waals surface area contributed by atoms with Crippen molar-refractivity contribution < 1.29 is 0 Å². The van der Waals surface area contributed by atoms with Crippen LogP contribution in [0.25, 0.3) is 55.6 Å². The van der Waals surface area contributed by atoms with Gasteiger partial charge in [-0.1, -0.05) is 552 Å². The number of anilines is 9. The first-order valence-corrected chi connectivity index (χ1v) is 55.5. The van der Waals surface area contributed by atoms with Crippen LogP contribution < -0.4 is 76.9 Å². The molecular formula is C138H107N3Si3. The Balaban J connectivity index is 0.000000128. The van der Waals surface area contributed by atoms with E-state index in [0.29, 0.717) is 0 Å². The van der Waals surface area contributed by atoms with Crippen LogP contribution in [0.15, 0.2) is 649 Å². The molecule has 23 aromatic rings. The van der Waals surface area contributed by atoms with Gasteiger partial charge in [0.1, 0.15) is 0 Å². The summed E-state index contributed by atoms with van der Waals surface area (Å²) in [6, 6.07) is 236. The standard InChI is InChI=1S/2C48H37NSi.C42H33NSi/c1-7-19-38(20-8-1)40-31-36-48(47(37-40)39-21-9-2-10-22-39)49(41-23-11-3-12-24-41)42-32-34-46(35-33-42)50(43-25-13-4-14-26-43,44-27-15-5-16-28-44)45-29-17-6-18-30-45;1-6-18-38(19-7-1)39-30-32-41(33-31-39)49(48-29-17-16-28-47(48)40-20-8-2-9-21-40)42-34-36-46(37-35-42)50(43-22-10-3-11-23-43,44-24-12-4-13-25-44)45-26-14-5-15-27-45;1-6-18-34(19-7-1)41-28-16-17-29-42(41)43(35-20-8-2-9-21-35)36-30-32-40(33-31-36)44(37-22-10-3-11-23-37,38-24-12-4-13-25-38)39-26-14-5-15-27-39/h2*1-37H;1-33H. The second-order valence-electron chi connectivity index (χ2n) is 36.0. The maximum Gasteiger partial charge on any atom is 0.179 e. The van der Waals surface area contributed by atoms with Crippen molar-refractivity contribution in [1.82, 2.24) is 0 Å². The molecular weight excluding hydrogens is 1780 g/mol. The summed E-state index contributed by atoms with van der Waals surface area (Å²) in [5.41, 5.74) is 22.1. The van der Waals surface area contributed by atoms with Gasteiger partial charge in [0.05, 0.1) is 17.1 Å². The molecule has 0 fully saturated rings. The van der Waals surface area contributed by atoms with Crippen LogP contribution in [0.1, 0.15) is 0 Å². The normalized spacial score (nSPS) is 11.2. The fourth-order valence-corrected chi connectivity index (χ4v) is 35.3. The van der Waals surface area contributed by atoms with E-state index in [4.69, 9.17) is 0 Å². The summed E-state index contributed by atoms with van der Waals surface area (Å²) >= 11 is 0. The van der Waals surface area contributed by atoms with Crippen molar-refractivity contribution in [2.45, 2.75) is 0 Å². The van der Waals surface area contributed by atoms with Gasteiger partial charge >= 0.3 is 0 Å². The molecule has 144 heavy (non-hydrogen) atoms. The molecule has 0 spiro atoms. The lowest BCUT2D eigenvalue weighted by atomic mass is 9.96. The lowest BCUT2D eigenvalue weighted by Crippen LogP contribution is -2.74. The average molecular weight is 1890 g/mol. The van der Waals surface area contributed by atoms with E-state index in [1.165, 1.54) is 118 Å². The zero-order valence-corrected chi connectivity index (χ0v) is 83.1. The Labute approximate surface area is 850 Å². The Hall–Kier alpha value is -17.9. The summed E-state index contributed by atoms with van der Waals surface area (Å²) in [7, 11) is -7.88. The minimum atomic E-state index is -2.64. The van der Waals surface area contributed by atoms with Crippen molar-refractivity contribution >= 4 is 138 Å². The molecule has 0 aromatic heterocycles. The molecule has 0 heterocycles. The largest absolute Gasteiger partial charge is 0.310 e. The second kappa shape index (κ2) is 44.1. The van der Waals surface area contributed by atoms with Gasteiger partial charge in [-0.2, -0.15) is 0 Å². The zero-order chi connectivity index (χ0) is 96.8. The fourth-order valence-electron chi connectivity index (χ4n) is 21.1. The van der Waals surface area contributed by atoms with Gasteiger partial charge in [-0.25, -0.2) is 0 Å². The molecule has 0 aliphatic rings. The molecule has 0 atom stereocenters. The molecule has 0 amide bonds. The molecule has 3 nitrogen and oxygen atoms in total. The van der Waals surface area contributed by atoms with Crippen LogP contribution in [0.5, 0.6) is 0 Å². The van der Waals surface area contributed by atoms with Gasteiger partial charge in [-0.05, 0) is 198 Å². The first-order chi connectivity index (χ1) is 71.5. The Morgan fingerprint density at radius 1 is 0.0972 bits per heavy atom. The van der Waals surface area contributed by atoms with Crippen molar-refractivity contribution in [2.24, 2.45) is 0 Å². The maximum absolute atomic E-state index is 2.64. The van der Waals surface area contributed by atoms with Gasteiger partial charge in [0.2, 0.25) is 0 Å². The summed E-state index contributed by atoms with van der Waals surface area (Å²) in [4.78, 5) is 7.18. The average Bonchev–Trinajstić information content (AvgIpc) is 0.738. The van der Waals surface area contributed by atoms with E-state index in [2.05, 4.69) is 664 Å². The Bertz CT molecular complexity index is 7530. The number of nitrogens with zero attached hydrogens (tertiary/aromatic N) is 3. The van der Waals surface area contributed by atoms with E-state index in [1.807, 2.05) is 0 Å². The Morgan fingerprint density at radius 3 is 0.493 bits per heavy atom. The van der Waals surface area contributed by atoms with Gasteiger partial charge in [-0.15, -0.1) is 0 Å². The molecule has 0 aliphatic carbocycles. The van der Waals surface area contributed by atoms with Gasteiger partial charge in [0.25, 0.3) is 0 Å². The summed E-state index contributed by atoms with van der Waals surface area (Å²) in [5.74, 6) is 0. The molecule has 0 unspecified atom stereocenters. The van der Waals surface area contributed by atoms with E-state index < -0.39 is 24.2 Å². The van der Waals surface area contributed by atoms with Crippen LogP contribution in [0.4, 0.5) is 51.2 Å². The minimum Gasteiger partial charge on any atom is -0.310 e. The van der Waals surface area contributed by atoms with Crippen LogP contribution in [-0.2, 0) is 0 Å². The predicted octanol–water partition coefficient (Wildman–Crippen LogP) is 27.9. The SMILES string of the molecule is c1ccc(-c2ccc(N(c3ccc([Si](c4ccccc4)(c4ccccc4)c4ccccc4)cc3)c3ccccc3-c3ccccc3)cc2)cc1.c1ccc(-c2ccc(N(c3ccccc3)c3ccc([Si](c4ccccc4)(c4ccccc4)c4ccccc4)cc3)c(-c3ccccc3)c2)cc1.c1ccc(-c2ccccc2N(c2ccccc2)c2ccc([Si](c3ccccc3)(c3ccccc3)c3ccccc3)cc2)cc1. The van der Waals surface area contributed by atoms with Crippen molar-refractivity contribution in [3.8, 4) is 55.6 Å². The Morgan fingerprint density at radius 2 is 0.250 bits per heavy atom. The van der Waals surface area contributed by atoms with Crippen molar-refractivity contribution in [2.75, 3.05) is 14.7 Å². The smallest absolute Gasteiger partial charge is 0.179 e. The van der Waals surface area contributed by atoms with Crippen LogP contribution in [0, 0.1) is 0 Å². The molecule has 23 aromatic carbocycles. The van der Waals surface area contributed by atoms with Crippen LogP contribution in [0.3, 0.4) is 0 Å². The third-order valence-corrected chi connectivity index (χ3v) is 42.1. The molecule has 6 heteroatoms.